The first-order chi connectivity index (χ1) is 17.4. The zero-order valence-electron chi connectivity index (χ0n) is 20.1. The second kappa shape index (κ2) is 9.22. The minimum atomic E-state index is -0.848. The van der Waals surface area contributed by atoms with Gasteiger partial charge in [0.05, 0.1) is 31.5 Å². The number of aliphatic hydroxyl groups is 1. The molecule has 1 amide bonds. The number of ether oxygens (including phenoxy) is 2. The summed E-state index contributed by atoms with van der Waals surface area (Å²) in [5, 5.41) is 11.6. The highest BCUT2D eigenvalue weighted by molar-refractivity contribution is 6.46. The van der Waals surface area contributed by atoms with E-state index in [1.807, 2.05) is 48.5 Å². The molecular formula is C28H25N3O5. The SMILES string of the molecule is COc1ccc(C2C(=C(O)c3c(C)nc4ccccn34)C(=O)C(=O)N2Cc2ccccc2)cc1OC. The van der Waals surface area contributed by atoms with Crippen LogP contribution in [-0.4, -0.2) is 45.3 Å². The number of fused-ring (bicyclic) bond motifs is 1. The molecule has 1 saturated heterocycles. The normalized spacial score (nSPS) is 17.1. The monoisotopic (exact) mass is 483 g/mol. The van der Waals surface area contributed by atoms with Crippen LogP contribution in [0.1, 0.15) is 28.6 Å². The number of ketones is 1. The van der Waals surface area contributed by atoms with E-state index < -0.39 is 17.7 Å². The molecule has 0 saturated carbocycles. The van der Waals surface area contributed by atoms with Crippen molar-refractivity contribution >= 4 is 23.1 Å². The average Bonchev–Trinajstić information content (AvgIpc) is 3.37. The van der Waals surface area contributed by atoms with Crippen LogP contribution in [-0.2, 0) is 16.1 Å². The van der Waals surface area contributed by atoms with Gasteiger partial charge in [0, 0.05) is 12.7 Å². The molecule has 0 bridgehead atoms. The number of aromatic nitrogens is 2. The Morgan fingerprint density at radius 2 is 1.69 bits per heavy atom. The van der Waals surface area contributed by atoms with Crippen LogP contribution in [0.2, 0.25) is 0 Å². The molecule has 1 N–H and O–H groups in total. The first-order valence-electron chi connectivity index (χ1n) is 11.4. The summed E-state index contributed by atoms with van der Waals surface area (Å²) in [6.07, 6.45) is 1.76. The highest BCUT2D eigenvalue weighted by Gasteiger charge is 2.46. The smallest absolute Gasteiger partial charge is 0.295 e. The Hall–Kier alpha value is -4.59. The minimum Gasteiger partial charge on any atom is -0.505 e. The number of amides is 1. The van der Waals surface area contributed by atoms with Gasteiger partial charge in [0.15, 0.2) is 17.3 Å². The number of pyridine rings is 1. The van der Waals surface area contributed by atoms with Gasteiger partial charge >= 0.3 is 0 Å². The molecule has 5 rings (SSSR count). The number of hydrogen-bond donors (Lipinski definition) is 1. The number of carbonyl (C=O) groups excluding carboxylic acids is 2. The summed E-state index contributed by atoms with van der Waals surface area (Å²) in [7, 11) is 3.05. The van der Waals surface area contributed by atoms with E-state index in [1.165, 1.54) is 19.1 Å². The molecule has 1 aliphatic rings. The van der Waals surface area contributed by atoms with Gasteiger partial charge in [-0.25, -0.2) is 4.98 Å². The zero-order valence-corrected chi connectivity index (χ0v) is 20.1. The van der Waals surface area contributed by atoms with Gasteiger partial charge in [-0.05, 0) is 42.3 Å². The van der Waals surface area contributed by atoms with E-state index in [4.69, 9.17) is 9.47 Å². The quantitative estimate of drug-likeness (QED) is 0.250. The summed E-state index contributed by atoms with van der Waals surface area (Å²) in [4.78, 5) is 32.8. The summed E-state index contributed by atoms with van der Waals surface area (Å²) in [6.45, 7) is 1.95. The first-order valence-corrected chi connectivity index (χ1v) is 11.4. The third kappa shape index (κ3) is 3.76. The topological polar surface area (TPSA) is 93.4 Å². The molecule has 0 aliphatic carbocycles. The predicted octanol–water partition coefficient (Wildman–Crippen LogP) is 4.28. The van der Waals surface area contributed by atoms with Gasteiger partial charge in [-0.15, -0.1) is 0 Å². The van der Waals surface area contributed by atoms with E-state index in [1.54, 1.807) is 35.7 Å². The van der Waals surface area contributed by atoms with Crippen LogP contribution in [0, 0.1) is 6.92 Å². The van der Waals surface area contributed by atoms with E-state index in [2.05, 4.69) is 4.98 Å². The van der Waals surface area contributed by atoms with Gasteiger partial charge in [0.2, 0.25) is 0 Å². The van der Waals surface area contributed by atoms with Crippen molar-refractivity contribution in [2.24, 2.45) is 0 Å². The Labute approximate surface area is 208 Å². The second-order valence-corrected chi connectivity index (χ2v) is 8.50. The predicted molar refractivity (Wildman–Crippen MR) is 134 cm³/mol. The van der Waals surface area contributed by atoms with Crippen molar-refractivity contribution in [2.75, 3.05) is 14.2 Å². The number of carbonyl (C=O) groups is 2. The molecule has 0 spiro atoms. The molecule has 1 aliphatic heterocycles. The highest BCUT2D eigenvalue weighted by Crippen LogP contribution is 2.43. The maximum Gasteiger partial charge on any atom is 0.295 e. The lowest BCUT2D eigenvalue weighted by Crippen LogP contribution is -2.29. The average molecular weight is 484 g/mol. The van der Waals surface area contributed by atoms with Gasteiger partial charge in [-0.1, -0.05) is 42.5 Å². The van der Waals surface area contributed by atoms with Crippen LogP contribution >= 0.6 is 0 Å². The number of nitrogens with zero attached hydrogens (tertiary/aromatic N) is 3. The number of Topliss-reactive ketones (excluding diaryl/α,β-unsaturated/α-hetero) is 1. The van der Waals surface area contributed by atoms with Crippen LogP contribution in [0.4, 0.5) is 0 Å². The Balaban J connectivity index is 1.73. The number of methoxy groups -OCH3 is 2. The number of likely N-dealkylation sites (tertiary alicyclic amines) is 1. The molecule has 2 aromatic carbocycles. The van der Waals surface area contributed by atoms with E-state index >= 15 is 0 Å². The van der Waals surface area contributed by atoms with Crippen LogP contribution < -0.4 is 9.47 Å². The Bertz CT molecular complexity index is 1510. The van der Waals surface area contributed by atoms with Crippen LogP contribution in [0.5, 0.6) is 11.5 Å². The summed E-state index contributed by atoms with van der Waals surface area (Å²) in [5.41, 5.74) is 2.99. The van der Waals surface area contributed by atoms with Crippen LogP contribution in [0.25, 0.3) is 11.4 Å². The summed E-state index contributed by atoms with van der Waals surface area (Å²) in [6, 6.07) is 19.2. The third-order valence-electron chi connectivity index (χ3n) is 6.39. The van der Waals surface area contributed by atoms with Gasteiger partial charge in [-0.3, -0.25) is 14.0 Å². The molecular weight excluding hydrogens is 458 g/mol. The van der Waals surface area contributed by atoms with Crippen molar-refractivity contribution in [2.45, 2.75) is 19.5 Å². The van der Waals surface area contributed by atoms with E-state index in [0.29, 0.717) is 34.1 Å². The van der Waals surface area contributed by atoms with Gasteiger partial charge < -0.3 is 19.5 Å². The number of rotatable bonds is 6. The minimum absolute atomic E-state index is 0.00287. The van der Waals surface area contributed by atoms with Gasteiger partial charge in [-0.2, -0.15) is 0 Å². The molecule has 8 heteroatoms. The molecule has 2 aromatic heterocycles. The molecule has 36 heavy (non-hydrogen) atoms. The van der Waals surface area contributed by atoms with Crippen molar-refractivity contribution in [3.05, 3.63) is 101 Å². The number of aryl methyl sites for hydroxylation is 1. The summed E-state index contributed by atoms with van der Waals surface area (Å²) >= 11 is 0. The standard InChI is InChI=1S/C28H25N3O5/c1-17-24(30-14-8-7-11-22(30)29-17)26(32)23-25(19-12-13-20(35-2)21(15-19)36-3)31(28(34)27(23)33)16-18-9-5-4-6-10-18/h4-15,25,32H,16H2,1-3H3. The van der Waals surface area contributed by atoms with Crippen LogP contribution in [0.3, 0.4) is 0 Å². The van der Waals surface area contributed by atoms with E-state index in [0.717, 1.165) is 5.56 Å². The molecule has 182 valence electrons. The maximum atomic E-state index is 13.5. The van der Waals surface area contributed by atoms with Crippen molar-refractivity contribution in [3.63, 3.8) is 0 Å². The summed E-state index contributed by atoms with van der Waals surface area (Å²) < 4.78 is 12.6. The molecule has 1 atom stereocenters. The van der Waals surface area contributed by atoms with Crippen molar-refractivity contribution in [1.29, 1.82) is 0 Å². The molecule has 1 unspecified atom stereocenters. The Morgan fingerprint density at radius 3 is 2.42 bits per heavy atom. The van der Waals surface area contributed by atoms with Gasteiger partial charge in [0.25, 0.3) is 11.7 Å². The van der Waals surface area contributed by atoms with Crippen molar-refractivity contribution in [1.82, 2.24) is 14.3 Å². The molecule has 0 radical (unpaired) electrons. The molecule has 1 fully saturated rings. The largest absolute Gasteiger partial charge is 0.505 e. The molecule has 4 aromatic rings. The third-order valence-corrected chi connectivity index (χ3v) is 6.39. The number of hydrogen-bond acceptors (Lipinski definition) is 6. The number of imidazole rings is 1. The lowest BCUT2D eigenvalue weighted by atomic mass is 9.95. The number of benzene rings is 2. The fourth-order valence-corrected chi connectivity index (χ4v) is 4.72. The van der Waals surface area contributed by atoms with E-state index in [-0.39, 0.29) is 17.9 Å². The Morgan fingerprint density at radius 1 is 0.972 bits per heavy atom. The fraction of sp³-hybridized carbons (Fsp3) is 0.179. The lowest BCUT2D eigenvalue weighted by molar-refractivity contribution is -0.140. The number of aliphatic hydroxyl groups excluding tert-OH is 1. The highest BCUT2D eigenvalue weighted by atomic mass is 16.5. The molecule has 3 heterocycles. The van der Waals surface area contributed by atoms with Crippen molar-refractivity contribution in [3.8, 4) is 11.5 Å². The van der Waals surface area contributed by atoms with E-state index in [9.17, 15) is 14.7 Å². The first kappa shape index (κ1) is 23.2. The summed E-state index contributed by atoms with van der Waals surface area (Å²) in [5.74, 6) is -0.759. The zero-order chi connectivity index (χ0) is 25.4. The Kier molecular flexibility index (Phi) is 5.93. The van der Waals surface area contributed by atoms with Crippen molar-refractivity contribution < 1.29 is 24.2 Å². The fourth-order valence-electron chi connectivity index (χ4n) is 4.72. The lowest BCUT2D eigenvalue weighted by Gasteiger charge is -2.26. The van der Waals surface area contributed by atoms with Crippen LogP contribution in [0.15, 0.2) is 78.5 Å². The van der Waals surface area contributed by atoms with Gasteiger partial charge in [0.1, 0.15) is 11.3 Å². The molecule has 8 nitrogen and oxygen atoms in total. The maximum absolute atomic E-state index is 13.5. The second-order valence-electron chi connectivity index (χ2n) is 8.50.